The van der Waals surface area contributed by atoms with Crippen LogP contribution in [0.4, 0.5) is 5.69 Å². The Kier molecular flexibility index (Phi) is 8.56. The Morgan fingerprint density at radius 2 is 1.31 bits per heavy atom. The average molecular weight is 602 g/mol. The third kappa shape index (κ3) is 6.30. The van der Waals surface area contributed by atoms with Crippen LogP contribution < -0.4 is 14.8 Å². The number of amides is 1. The molecule has 10 heteroatoms. The smallest absolute Gasteiger partial charge is 0.338 e. The predicted octanol–water partition coefficient (Wildman–Crippen LogP) is 7.47. The van der Waals surface area contributed by atoms with Gasteiger partial charge in [-0.05, 0) is 91.9 Å². The second kappa shape index (κ2) is 12.5. The van der Waals surface area contributed by atoms with Crippen LogP contribution in [0.25, 0.3) is 33.5 Å². The minimum absolute atomic E-state index is 0.218. The standard InChI is InChI=1S/C32H25Cl2N3O5/c1-18(31(38)37-27-17-22(33)9-14-25(27)34)42-32(39)21-8-15-26-28(16-21)36-30(20-6-12-24(41-3)13-7-20)29(35-26)19-4-10-23(40-2)11-5-19/h4-18H,1-3H3,(H,37,38). The number of hydrogen-bond acceptors (Lipinski definition) is 7. The molecule has 1 atom stereocenters. The lowest BCUT2D eigenvalue weighted by Gasteiger charge is -2.15. The van der Waals surface area contributed by atoms with Crippen LogP contribution in [-0.2, 0) is 9.53 Å². The summed E-state index contributed by atoms with van der Waals surface area (Å²) in [6.07, 6.45) is -1.11. The maximum absolute atomic E-state index is 13.0. The van der Waals surface area contributed by atoms with E-state index in [9.17, 15) is 9.59 Å². The molecule has 0 saturated carbocycles. The van der Waals surface area contributed by atoms with Gasteiger partial charge in [0.1, 0.15) is 11.5 Å². The first-order valence-corrected chi connectivity index (χ1v) is 13.6. The van der Waals surface area contributed by atoms with Crippen molar-refractivity contribution < 1.29 is 23.8 Å². The fraction of sp³-hybridized carbons (Fsp3) is 0.125. The number of methoxy groups -OCH3 is 2. The van der Waals surface area contributed by atoms with Gasteiger partial charge in [-0.1, -0.05) is 23.2 Å². The highest BCUT2D eigenvalue weighted by Crippen LogP contribution is 2.33. The summed E-state index contributed by atoms with van der Waals surface area (Å²) in [7, 11) is 3.21. The van der Waals surface area contributed by atoms with E-state index in [4.69, 9.17) is 47.4 Å². The van der Waals surface area contributed by atoms with E-state index < -0.39 is 18.0 Å². The molecule has 8 nitrogen and oxygen atoms in total. The van der Waals surface area contributed by atoms with Gasteiger partial charge in [-0.3, -0.25) is 4.79 Å². The van der Waals surface area contributed by atoms with E-state index in [0.29, 0.717) is 43.9 Å². The maximum Gasteiger partial charge on any atom is 0.338 e. The van der Waals surface area contributed by atoms with Crippen molar-refractivity contribution in [3.8, 4) is 34.0 Å². The normalized spacial score (nSPS) is 11.5. The summed E-state index contributed by atoms with van der Waals surface area (Å²) in [6.45, 7) is 1.47. The molecule has 0 bridgehead atoms. The molecule has 1 heterocycles. The van der Waals surface area contributed by atoms with Crippen molar-refractivity contribution >= 4 is 51.8 Å². The molecule has 1 aromatic heterocycles. The van der Waals surface area contributed by atoms with Crippen molar-refractivity contribution in [1.29, 1.82) is 0 Å². The SMILES string of the molecule is COc1ccc(-c2nc3ccc(C(=O)OC(C)C(=O)Nc4cc(Cl)ccc4Cl)cc3nc2-c2ccc(OC)cc2)cc1. The first kappa shape index (κ1) is 28.9. The highest BCUT2D eigenvalue weighted by atomic mass is 35.5. The molecule has 4 aromatic carbocycles. The van der Waals surface area contributed by atoms with E-state index in [1.54, 1.807) is 44.6 Å². The maximum atomic E-state index is 13.0. The van der Waals surface area contributed by atoms with Crippen molar-refractivity contribution in [1.82, 2.24) is 9.97 Å². The molecule has 1 N–H and O–H groups in total. The Morgan fingerprint density at radius 1 is 0.738 bits per heavy atom. The summed E-state index contributed by atoms with van der Waals surface area (Å²) in [5.41, 5.74) is 4.54. The van der Waals surface area contributed by atoms with Gasteiger partial charge in [0.15, 0.2) is 6.10 Å². The third-order valence-electron chi connectivity index (χ3n) is 6.47. The monoisotopic (exact) mass is 601 g/mol. The van der Waals surface area contributed by atoms with E-state index >= 15 is 0 Å². The number of anilines is 1. The summed E-state index contributed by atoms with van der Waals surface area (Å²) >= 11 is 12.1. The first-order valence-electron chi connectivity index (χ1n) is 12.8. The molecule has 5 rings (SSSR count). The lowest BCUT2D eigenvalue weighted by molar-refractivity contribution is -0.123. The molecule has 42 heavy (non-hydrogen) atoms. The van der Waals surface area contributed by atoms with E-state index in [0.717, 1.165) is 16.9 Å². The van der Waals surface area contributed by atoms with Crippen molar-refractivity contribution in [2.45, 2.75) is 13.0 Å². The molecular formula is C32H25Cl2N3O5. The molecular weight excluding hydrogens is 577 g/mol. The van der Waals surface area contributed by atoms with Crippen LogP contribution in [0.5, 0.6) is 11.5 Å². The number of rotatable bonds is 8. The number of hydrogen-bond donors (Lipinski definition) is 1. The Labute approximate surface area is 252 Å². The lowest BCUT2D eigenvalue weighted by Crippen LogP contribution is -2.30. The van der Waals surface area contributed by atoms with Gasteiger partial charge in [-0.2, -0.15) is 0 Å². The number of carbonyl (C=O) groups is 2. The molecule has 0 fully saturated rings. The number of fused-ring (bicyclic) bond motifs is 1. The van der Waals surface area contributed by atoms with Gasteiger partial charge >= 0.3 is 5.97 Å². The second-order valence-electron chi connectivity index (χ2n) is 9.24. The predicted molar refractivity (Wildman–Crippen MR) is 163 cm³/mol. The number of carbonyl (C=O) groups excluding carboxylic acids is 2. The van der Waals surface area contributed by atoms with Crippen LogP contribution in [0, 0.1) is 0 Å². The molecule has 0 spiro atoms. The van der Waals surface area contributed by atoms with Gasteiger partial charge < -0.3 is 19.5 Å². The van der Waals surface area contributed by atoms with Gasteiger partial charge in [0.2, 0.25) is 0 Å². The number of ether oxygens (including phenoxy) is 3. The molecule has 1 amide bonds. The van der Waals surface area contributed by atoms with Gasteiger partial charge in [0.05, 0.1) is 52.9 Å². The van der Waals surface area contributed by atoms with Crippen LogP contribution in [0.3, 0.4) is 0 Å². The molecule has 0 radical (unpaired) electrons. The Balaban J connectivity index is 1.45. The summed E-state index contributed by atoms with van der Waals surface area (Å²) in [6, 6.07) is 24.6. The fourth-order valence-corrected chi connectivity index (χ4v) is 4.53. The first-order chi connectivity index (χ1) is 20.2. The molecule has 1 unspecified atom stereocenters. The molecule has 212 valence electrons. The third-order valence-corrected chi connectivity index (χ3v) is 7.03. The van der Waals surface area contributed by atoms with Gasteiger partial charge in [0, 0.05) is 16.1 Å². The quantitative estimate of drug-likeness (QED) is 0.184. The minimum atomic E-state index is -1.11. The number of benzene rings is 4. The highest BCUT2D eigenvalue weighted by Gasteiger charge is 2.21. The van der Waals surface area contributed by atoms with Crippen molar-refractivity contribution in [2.24, 2.45) is 0 Å². The fourth-order valence-electron chi connectivity index (χ4n) is 4.19. The van der Waals surface area contributed by atoms with Crippen LogP contribution >= 0.6 is 23.2 Å². The van der Waals surface area contributed by atoms with E-state index in [1.807, 2.05) is 48.5 Å². The number of halogens is 2. The number of nitrogens with zero attached hydrogens (tertiary/aromatic N) is 2. The number of aromatic nitrogens is 2. The van der Waals surface area contributed by atoms with Crippen LogP contribution in [-0.4, -0.2) is 42.2 Å². The minimum Gasteiger partial charge on any atom is -0.497 e. The molecule has 5 aromatic rings. The van der Waals surface area contributed by atoms with E-state index in [2.05, 4.69) is 5.32 Å². The molecule has 0 aliphatic rings. The van der Waals surface area contributed by atoms with Crippen LogP contribution in [0.2, 0.25) is 10.0 Å². The summed E-state index contributed by atoms with van der Waals surface area (Å²) in [5, 5.41) is 3.34. The number of nitrogens with one attached hydrogen (secondary N) is 1. The largest absolute Gasteiger partial charge is 0.497 e. The second-order valence-corrected chi connectivity index (χ2v) is 10.1. The Bertz CT molecular complexity index is 1780. The average Bonchev–Trinajstić information content (AvgIpc) is 3.01. The molecule has 0 aliphatic heterocycles. The zero-order chi connectivity index (χ0) is 29.8. The summed E-state index contributed by atoms with van der Waals surface area (Å²) in [4.78, 5) is 35.5. The topological polar surface area (TPSA) is 99.6 Å². The molecule has 0 saturated heterocycles. The van der Waals surface area contributed by atoms with Crippen molar-refractivity contribution in [3.05, 3.63) is 101 Å². The summed E-state index contributed by atoms with van der Waals surface area (Å²) < 4.78 is 16.1. The number of esters is 1. The lowest BCUT2D eigenvalue weighted by atomic mass is 10.0. The van der Waals surface area contributed by atoms with Gasteiger partial charge in [-0.25, -0.2) is 14.8 Å². The Morgan fingerprint density at radius 3 is 1.88 bits per heavy atom. The van der Waals surface area contributed by atoms with Crippen LogP contribution in [0.1, 0.15) is 17.3 Å². The van der Waals surface area contributed by atoms with Crippen molar-refractivity contribution in [2.75, 3.05) is 19.5 Å². The van der Waals surface area contributed by atoms with Gasteiger partial charge in [-0.15, -0.1) is 0 Å². The highest BCUT2D eigenvalue weighted by molar-refractivity contribution is 6.35. The summed E-state index contributed by atoms with van der Waals surface area (Å²) in [5.74, 6) is 0.183. The van der Waals surface area contributed by atoms with Crippen molar-refractivity contribution in [3.63, 3.8) is 0 Å². The molecule has 0 aliphatic carbocycles. The van der Waals surface area contributed by atoms with Crippen LogP contribution in [0.15, 0.2) is 84.9 Å². The zero-order valence-electron chi connectivity index (χ0n) is 22.9. The van der Waals surface area contributed by atoms with Gasteiger partial charge in [0.25, 0.3) is 5.91 Å². The Hall–Kier alpha value is -4.66. The van der Waals surface area contributed by atoms with E-state index in [-0.39, 0.29) is 5.56 Å². The zero-order valence-corrected chi connectivity index (χ0v) is 24.4. The van der Waals surface area contributed by atoms with E-state index in [1.165, 1.54) is 13.0 Å².